The Hall–Kier alpha value is -1.47. The van der Waals surface area contributed by atoms with Gasteiger partial charge >= 0.3 is 0 Å². The number of hydrogen-bond acceptors (Lipinski definition) is 5. The molecule has 2 aliphatic heterocycles. The van der Waals surface area contributed by atoms with E-state index in [1.54, 1.807) is 0 Å². The van der Waals surface area contributed by atoms with Gasteiger partial charge in [-0.2, -0.15) is 0 Å². The van der Waals surface area contributed by atoms with Gasteiger partial charge in [0.2, 0.25) is 0 Å². The van der Waals surface area contributed by atoms with Crippen LogP contribution in [0.1, 0.15) is 44.3 Å². The van der Waals surface area contributed by atoms with Crippen molar-refractivity contribution < 1.29 is 9.90 Å². The Bertz CT molecular complexity index is 567. The van der Waals surface area contributed by atoms with Crippen LogP contribution in [0.3, 0.4) is 0 Å². The molecule has 2 aliphatic rings. The Kier molecular flexibility index (Phi) is 4.68. The molecular formula is C16H27N5O2. The van der Waals surface area contributed by atoms with Crippen LogP contribution in [0.5, 0.6) is 0 Å². The molecule has 2 saturated heterocycles. The molecule has 0 aromatic carbocycles. The number of piperidine rings is 1. The zero-order valence-electron chi connectivity index (χ0n) is 14.2. The van der Waals surface area contributed by atoms with Crippen LogP contribution in [0.4, 0.5) is 0 Å². The number of rotatable bonds is 4. The van der Waals surface area contributed by atoms with E-state index in [2.05, 4.69) is 22.0 Å². The van der Waals surface area contributed by atoms with Crippen molar-refractivity contribution in [2.45, 2.75) is 51.2 Å². The first-order valence-corrected chi connectivity index (χ1v) is 8.65. The van der Waals surface area contributed by atoms with Gasteiger partial charge in [0.25, 0.3) is 5.91 Å². The van der Waals surface area contributed by atoms with Gasteiger partial charge in [-0.15, -0.1) is 10.2 Å². The van der Waals surface area contributed by atoms with E-state index in [4.69, 9.17) is 0 Å². The first kappa shape index (κ1) is 16.4. The second-order valence-electron chi connectivity index (χ2n) is 6.79. The summed E-state index contributed by atoms with van der Waals surface area (Å²) in [5.41, 5.74) is -1.24. The summed E-state index contributed by atoms with van der Waals surface area (Å²) >= 11 is 0. The molecule has 23 heavy (non-hydrogen) atoms. The largest absolute Gasteiger partial charge is 0.379 e. The third-order valence-corrected chi connectivity index (χ3v) is 5.08. The molecule has 1 aromatic rings. The molecule has 1 N–H and O–H groups in total. The third kappa shape index (κ3) is 3.26. The lowest BCUT2D eigenvalue weighted by atomic mass is 9.91. The molecule has 0 bridgehead atoms. The van der Waals surface area contributed by atoms with E-state index in [-0.39, 0.29) is 5.91 Å². The number of aliphatic hydroxyl groups is 1. The highest BCUT2D eigenvalue weighted by Crippen LogP contribution is 2.26. The number of aromatic nitrogens is 3. The van der Waals surface area contributed by atoms with E-state index >= 15 is 0 Å². The van der Waals surface area contributed by atoms with Crippen LogP contribution in [-0.2, 0) is 24.8 Å². The van der Waals surface area contributed by atoms with E-state index in [1.165, 1.54) is 0 Å². The summed E-state index contributed by atoms with van der Waals surface area (Å²) in [5, 5.41) is 19.3. The number of amides is 1. The van der Waals surface area contributed by atoms with Crippen LogP contribution in [0.25, 0.3) is 0 Å². The van der Waals surface area contributed by atoms with Gasteiger partial charge in [-0.3, -0.25) is 9.69 Å². The van der Waals surface area contributed by atoms with Crippen molar-refractivity contribution >= 4 is 5.91 Å². The second kappa shape index (κ2) is 6.57. The molecule has 0 spiro atoms. The molecule has 1 unspecified atom stereocenters. The van der Waals surface area contributed by atoms with Gasteiger partial charge in [0, 0.05) is 33.1 Å². The fraction of sp³-hybridized carbons (Fsp3) is 0.812. The fourth-order valence-electron chi connectivity index (χ4n) is 3.69. The average Bonchev–Trinajstić information content (AvgIpc) is 3.18. The normalized spacial score (nSPS) is 26.0. The minimum atomic E-state index is -1.24. The third-order valence-electron chi connectivity index (χ3n) is 5.08. The molecule has 7 nitrogen and oxygen atoms in total. The summed E-state index contributed by atoms with van der Waals surface area (Å²) < 4.78 is 2.01. The number of carbonyl (C=O) groups excluding carboxylic acids is 1. The smallest absolute Gasteiger partial charge is 0.255 e. The molecule has 0 saturated carbocycles. The number of β-amino-alcohol motifs (C(OH)–C–C–N with tert-alkyl or cyclic N) is 1. The summed E-state index contributed by atoms with van der Waals surface area (Å²) in [6, 6.07) is 0. The Balaban J connectivity index is 1.67. The van der Waals surface area contributed by atoms with Gasteiger partial charge in [-0.1, -0.05) is 6.92 Å². The number of carbonyl (C=O) groups is 1. The zero-order chi connectivity index (χ0) is 16.4. The molecule has 3 heterocycles. The van der Waals surface area contributed by atoms with Gasteiger partial charge < -0.3 is 14.6 Å². The minimum Gasteiger partial charge on any atom is -0.379 e. The SMILES string of the molecule is CCc1nnc(CN2CCCC(O)(C(=O)N3CCCC3)C2)n1C. The Morgan fingerprint density at radius 2 is 1.87 bits per heavy atom. The van der Waals surface area contributed by atoms with E-state index in [1.807, 2.05) is 16.5 Å². The van der Waals surface area contributed by atoms with Crippen LogP contribution in [0, 0.1) is 0 Å². The quantitative estimate of drug-likeness (QED) is 0.865. The molecule has 1 amide bonds. The van der Waals surface area contributed by atoms with Crippen LogP contribution in [-0.4, -0.2) is 67.4 Å². The minimum absolute atomic E-state index is 0.0908. The van der Waals surface area contributed by atoms with Gasteiger partial charge in [-0.05, 0) is 32.2 Å². The second-order valence-corrected chi connectivity index (χ2v) is 6.79. The Morgan fingerprint density at radius 1 is 1.17 bits per heavy atom. The lowest BCUT2D eigenvalue weighted by molar-refractivity contribution is -0.156. The molecular weight excluding hydrogens is 294 g/mol. The molecule has 1 aromatic heterocycles. The molecule has 128 valence electrons. The standard InChI is InChI=1S/C16H27N5O2/c1-3-13-17-18-14(19(13)2)11-20-8-6-7-16(23,12-20)15(22)21-9-4-5-10-21/h23H,3-12H2,1-2H3. The first-order chi connectivity index (χ1) is 11.0. The van der Waals surface area contributed by atoms with Crippen LogP contribution >= 0.6 is 0 Å². The number of nitrogens with zero attached hydrogens (tertiary/aromatic N) is 5. The van der Waals surface area contributed by atoms with Crippen molar-refractivity contribution in [1.29, 1.82) is 0 Å². The Labute approximate surface area is 137 Å². The predicted molar refractivity (Wildman–Crippen MR) is 85.7 cm³/mol. The van der Waals surface area contributed by atoms with E-state index < -0.39 is 5.60 Å². The van der Waals surface area contributed by atoms with E-state index in [0.717, 1.165) is 57.0 Å². The summed E-state index contributed by atoms with van der Waals surface area (Å²) in [6.07, 6.45) is 4.32. The van der Waals surface area contributed by atoms with Crippen molar-refractivity contribution in [2.75, 3.05) is 26.2 Å². The topological polar surface area (TPSA) is 74.5 Å². The van der Waals surface area contributed by atoms with Crippen molar-refractivity contribution in [3.63, 3.8) is 0 Å². The molecule has 7 heteroatoms. The fourth-order valence-corrected chi connectivity index (χ4v) is 3.69. The molecule has 1 atom stereocenters. The van der Waals surface area contributed by atoms with Crippen molar-refractivity contribution in [1.82, 2.24) is 24.6 Å². The van der Waals surface area contributed by atoms with Gasteiger partial charge in [-0.25, -0.2) is 0 Å². The average molecular weight is 321 g/mol. The van der Waals surface area contributed by atoms with E-state index in [0.29, 0.717) is 19.5 Å². The molecule has 0 aliphatic carbocycles. The predicted octanol–water partition coefficient (Wildman–Crippen LogP) is 0.327. The number of hydrogen-bond donors (Lipinski definition) is 1. The van der Waals surface area contributed by atoms with Crippen molar-refractivity contribution in [3.05, 3.63) is 11.6 Å². The highest BCUT2D eigenvalue weighted by atomic mass is 16.3. The maximum Gasteiger partial charge on any atom is 0.255 e. The summed E-state index contributed by atoms with van der Waals surface area (Å²) in [4.78, 5) is 16.6. The highest BCUT2D eigenvalue weighted by Gasteiger charge is 2.43. The molecule has 2 fully saturated rings. The maximum absolute atomic E-state index is 12.7. The maximum atomic E-state index is 12.7. The summed E-state index contributed by atoms with van der Waals surface area (Å²) in [7, 11) is 1.97. The molecule has 3 rings (SSSR count). The van der Waals surface area contributed by atoms with E-state index in [9.17, 15) is 9.90 Å². The molecule has 0 radical (unpaired) electrons. The Morgan fingerprint density at radius 3 is 2.52 bits per heavy atom. The zero-order valence-corrected chi connectivity index (χ0v) is 14.2. The van der Waals surface area contributed by atoms with Crippen LogP contribution < -0.4 is 0 Å². The van der Waals surface area contributed by atoms with Crippen molar-refractivity contribution in [3.8, 4) is 0 Å². The monoisotopic (exact) mass is 321 g/mol. The number of aryl methyl sites for hydroxylation is 1. The number of likely N-dealkylation sites (tertiary alicyclic amines) is 2. The summed E-state index contributed by atoms with van der Waals surface area (Å²) in [6.45, 7) is 5.51. The summed E-state index contributed by atoms with van der Waals surface area (Å²) in [5.74, 6) is 1.76. The van der Waals surface area contributed by atoms with Crippen LogP contribution in [0.15, 0.2) is 0 Å². The highest BCUT2D eigenvalue weighted by molar-refractivity contribution is 5.85. The van der Waals surface area contributed by atoms with Crippen molar-refractivity contribution in [2.24, 2.45) is 7.05 Å². The lowest BCUT2D eigenvalue weighted by Crippen LogP contribution is -2.57. The van der Waals surface area contributed by atoms with Gasteiger partial charge in [0.15, 0.2) is 5.60 Å². The van der Waals surface area contributed by atoms with Gasteiger partial charge in [0.05, 0.1) is 6.54 Å². The first-order valence-electron chi connectivity index (χ1n) is 8.65. The van der Waals surface area contributed by atoms with Crippen LogP contribution in [0.2, 0.25) is 0 Å². The lowest BCUT2D eigenvalue weighted by Gasteiger charge is -2.39. The van der Waals surface area contributed by atoms with Gasteiger partial charge in [0.1, 0.15) is 11.6 Å².